The summed E-state index contributed by atoms with van der Waals surface area (Å²) < 4.78 is 5.25. The molecule has 4 heteroatoms. The van der Waals surface area contributed by atoms with Gasteiger partial charge in [0.15, 0.2) is 11.5 Å². The van der Waals surface area contributed by atoms with Gasteiger partial charge < -0.3 is 9.32 Å². The number of Topliss-reactive ketones (excluding diaryl/α,β-unsaturated/α-hetero) is 2. The summed E-state index contributed by atoms with van der Waals surface area (Å²) in [4.78, 5) is 27.3. The molecule has 0 radical (unpaired) electrons. The van der Waals surface area contributed by atoms with Crippen LogP contribution in [0.1, 0.15) is 39.3 Å². The fourth-order valence-corrected chi connectivity index (χ4v) is 3.27. The lowest BCUT2D eigenvalue weighted by molar-refractivity contribution is 0.0900. The van der Waals surface area contributed by atoms with Crippen molar-refractivity contribution in [3.63, 3.8) is 0 Å². The molecule has 0 saturated carbocycles. The first-order valence-corrected chi connectivity index (χ1v) is 7.44. The monoisotopic (exact) mass is 293 g/mol. The molecule has 0 N–H and O–H groups in total. The van der Waals surface area contributed by atoms with Crippen molar-refractivity contribution >= 4 is 11.6 Å². The maximum Gasteiger partial charge on any atom is 0.245 e. The minimum Gasteiger partial charge on any atom is -0.460 e. The van der Waals surface area contributed by atoms with Crippen molar-refractivity contribution in [2.75, 3.05) is 6.54 Å². The molecule has 110 valence electrons. The molecule has 1 aromatic carbocycles. The van der Waals surface area contributed by atoms with Crippen LogP contribution < -0.4 is 0 Å². The number of hydrogen-bond donors (Lipinski definition) is 0. The van der Waals surface area contributed by atoms with Crippen molar-refractivity contribution in [3.8, 4) is 0 Å². The lowest BCUT2D eigenvalue weighted by Gasteiger charge is -2.34. The second-order valence-corrected chi connectivity index (χ2v) is 5.66. The van der Waals surface area contributed by atoms with Crippen molar-refractivity contribution < 1.29 is 14.0 Å². The molecule has 0 spiro atoms. The van der Waals surface area contributed by atoms with Crippen LogP contribution in [-0.2, 0) is 6.54 Å². The Labute approximate surface area is 128 Å². The van der Waals surface area contributed by atoms with Gasteiger partial charge >= 0.3 is 0 Å². The molecular weight excluding hydrogens is 278 g/mol. The zero-order chi connectivity index (χ0) is 15.1. The third kappa shape index (κ3) is 1.91. The van der Waals surface area contributed by atoms with Crippen LogP contribution in [0.3, 0.4) is 0 Å². The van der Waals surface area contributed by atoms with E-state index >= 15 is 0 Å². The highest BCUT2D eigenvalue weighted by Crippen LogP contribution is 2.35. The van der Waals surface area contributed by atoms with Crippen molar-refractivity contribution in [1.29, 1.82) is 0 Å². The number of carbonyl (C=O) groups is 2. The van der Waals surface area contributed by atoms with Crippen molar-refractivity contribution in [2.45, 2.75) is 19.4 Å². The Bertz CT molecular complexity index is 786. The highest BCUT2D eigenvalue weighted by atomic mass is 16.3. The molecule has 0 unspecified atom stereocenters. The number of allylic oxidation sites excluding steroid dienone is 2. The van der Waals surface area contributed by atoms with E-state index in [1.165, 1.54) is 6.26 Å². The second-order valence-electron chi connectivity index (χ2n) is 5.66. The lowest BCUT2D eigenvalue weighted by atomic mass is 9.86. The largest absolute Gasteiger partial charge is 0.460 e. The topological polar surface area (TPSA) is 50.5 Å². The molecule has 0 saturated heterocycles. The number of benzene rings is 1. The fraction of sp³-hybridized carbons (Fsp3) is 0.222. The van der Waals surface area contributed by atoms with Gasteiger partial charge in [-0.1, -0.05) is 30.3 Å². The molecule has 4 rings (SSSR count). The molecule has 1 aliphatic carbocycles. The van der Waals surface area contributed by atoms with Gasteiger partial charge in [-0.15, -0.1) is 0 Å². The quantitative estimate of drug-likeness (QED) is 0.853. The molecule has 0 fully saturated rings. The number of carbonyl (C=O) groups excluding carboxylic acids is 2. The lowest BCUT2D eigenvalue weighted by Crippen LogP contribution is -2.37. The highest BCUT2D eigenvalue weighted by Gasteiger charge is 2.38. The summed E-state index contributed by atoms with van der Waals surface area (Å²) in [6, 6.07) is 11.6. The Balaban J connectivity index is 1.75. The molecule has 1 aromatic heterocycles. The van der Waals surface area contributed by atoms with Crippen molar-refractivity contribution in [1.82, 2.24) is 4.90 Å². The van der Waals surface area contributed by atoms with E-state index < -0.39 is 0 Å². The maximum atomic E-state index is 12.7. The molecular formula is C18H15NO3. The van der Waals surface area contributed by atoms with E-state index in [1.54, 1.807) is 6.07 Å². The number of furan rings is 1. The number of rotatable bonds is 2. The Hall–Kier alpha value is -2.62. The molecule has 2 heterocycles. The zero-order valence-corrected chi connectivity index (χ0v) is 12.0. The summed E-state index contributed by atoms with van der Waals surface area (Å²) in [7, 11) is 0. The minimum atomic E-state index is -0.162. The van der Waals surface area contributed by atoms with Gasteiger partial charge in [0.2, 0.25) is 5.78 Å². The number of nitrogens with zero attached hydrogens (tertiary/aromatic N) is 1. The molecule has 2 aliphatic rings. The van der Waals surface area contributed by atoms with Crippen LogP contribution in [0, 0.1) is 0 Å². The average molecular weight is 293 g/mol. The summed E-state index contributed by atoms with van der Waals surface area (Å²) >= 11 is 0. The van der Waals surface area contributed by atoms with Crippen molar-refractivity contribution in [3.05, 3.63) is 70.8 Å². The van der Waals surface area contributed by atoms with E-state index in [2.05, 4.69) is 0 Å². The summed E-state index contributed by atoms with van der Waals surface area (Å²) in [5.41, 5.74) is 2.70. The SMILES string of the molecule is O=C1C2=C(C(=O)c3occc31)N(Cc1ccccc1)CCC2. The van der Waals surface area contributed by atoms with E-state index in [0.717, 1.165) is 18.5 Å². The summed E-state index contributed by atoms with van der Waals surface area (Å²) in [6.45, 7) is 1.41. The third-order valence-electron chi connectivity index (χ3n) is 4.28. The van der Waals surface area contributed by atoms with Gasteiger partial charge in [-0.2, -0.15) is 0 Å². The van der Waals surface area contributed by atoms with E-state index in [0.29, 0.717) is 29.8 Å². The standard InChI is InChI=1S/C18H15NO3/c20-16-13-7-4-9-19(11-12-5-2-1-3-6-12)15(13)17(21)18-14(16)8-10-22-18/h1-3,5-6,8,10H,4,7,9,11H2. The van der Waals surface area contributed by atoms with E-state index in [1.807, 2.05) is 35.2 Å². The first-order valence-electron chi connectivity index (χ1n) is 7.44. The predicted molar refractivity (Wildman–Crippen MR) is 80.5 cm³/mol. The fourth-order valence-electron chi connectivity index (χ4n) is 3.27. The van der Waals surface area contributed by atoms with Gasteiger partial charge in [0.25, 0.3) is 0 Å². The van der Waals surface area contributed by atoms with Gasteiger partial charge in [0.1, 0.15) is 0 Å². The van der Waals surface area contributed by atoms with Crippen LogP contribution in [-0.4, -0.2) is 23.0 Å². The van der Waals surface area contributed by atoms with E-state index in [-0.39, 0.29) is 17.3 Å². The highest BCUT2D eigenvalue weighted by molar-refractivity contribution is 6.25. The zero-order valence-electron chi connectivity index (χ0n) is 12.0. The Morgan fingerprint density at radius 3 is 2.68 bits per heavy atom. The molecule has 22 heavy (non-hydrogen) atoms. The van der Waals surface area contributed by atoms with Crippen LogP contribution >= 0.6 is 0 Å². The predicted octanol–water partition coefficient (Wildman–Crippen LogP) is 3.21. The summed E-state index contributed by atoms with van der Waals surface area (Å²) in [5.74, 6) is -0.0370. The van der Waals surface area contributed by atoms with Crippen molar-refractivity contribution in [2.24, 2.45) is 0 Å². The normalized spacial score (nSPS) is 17.5. The molecule has 0 bridgehead atoms. The molecule has 2 aromatic rings. The first-order chi connectivity index (χ1) is 10.8. The van der Waals surface area contributed by atoms with Crippen LogP contribution in [0.5, 0.6) is 0 Å². The molecule has 4 nitrogen and oxygen atoms in total. The van der Waals surface area contributed by atoms with Crippen LogP contribution in [0.15, 0.2) is 58.3 Å². The summed E-state index contributed by atoms with van der Waals surface area (Å²) in [5, 5.41) is 0. The summed E-state index contributed by atoms with van der Waals surface area (Å²) in [6.07, 6.45) is 2.97. The van der Waals surface area contributed by atoms with Gasteiger partial charge in [-0.05, 0) is 24.5 Å². The smallest absolute Gasteiger partial charge is 0.245 e. The van der Waals surface area contributed by atoms with E-state index in [4.69, 9.17) is 4.42 Å². The van der Waals surface area contributed by atoms with Gasteiger partial charge in [-0.3, -0.25) is 9.59 Å². The number of hydrogen-bond acceptors (Lipinski definition) is 4. The first kappa shape index (κ1) is 13.1. The Morgan fingerprint density at radius 1 is 1.05 bits per heavy atom. The van der Waals surface area contributed by atoms with Gasteiger partial charge in [0, 0.05) is 18.7 Å². The number of fused-ring (bicyclic) bond motifs is 1. The van der Waals surface area contributed by atoms with Crippen LogP contribution in [0.4, 0.5) is 0 Å². The maximum absolute atomic E-state index is 12.7. The van der Waals surface area contributed by atoms with Crippen LogP contribution in [0.2, 0.25) is 0 Å². The average Bonchev–Trinajstić information content (AvgIpc) is 3.04. The third-order valence-corrected chi connectivity index (χ3v) is 4.28. The van der Waals surface area contributed by atoms with Gasteiger partial charge in [0.05, 0.1) is 17.5 Å². The van der Waals surface area contributed by atoms with E-state index in [9.17, 15) is 9.59 Å². The van der Waals surface area contributed by atoms with Gasteiger partial charge in [-0.25, -0.2) is 0 Å². The molecule has 1 aliphatic heterocycles. The molecule has 0 atom stereocenters. The second kappa shape index (κ2) is 4.98. The number of ketones is 2. The minimum absolute atomic E-state index is 0.0592. The molecule has 0 amide bonds. The Morgan fingerprint density at radius 2 is 1.86 bits per heavy atom. The Kier molecular flexibility index (Phi) is 2.96. The van der Waals surface area contributed by atoms with Crippen LogP contribution in [0.25, 0.3) is 0 Å².